The molecule has 114 valence electrons. The lowest BCUT2D eigenvalue weighted by molar-refractivity contribution is -0.151. The molecule has 0 aliphatic carbocycles. The van der Waals surface area contributed by atoms with Gasteiger partial charge in [-0.15, -0.1) is 0 Å². The summed E-state index contributed by atoms with van der Waals surface area (Å²) in [6, 6.07) is 15.3. The van der Waals surface area contributed by atoms with Gasteiger partial charge in [-0.05, 0) is 24.1 Å². The molecule has 0 aromatic heterocycles. The van der Waals surface area contributed by atoms with E-state index >= 15 is 0 Å². The molecule has 0 saturated carbocycles. The molecule has 22 heavy (non-hydrogen) atoms. The molecule has 0 amide bonds. The van der Waals surface area contributed by atoms with Gasteiger partial charge < -0.3 is 14.2 Å². The first-order chi connectivity index (χ1) is 10.8. The molecule has 1 atom stereocenters. The highest BCUT2D eigenvalue weighted by Crippen LogP contribution is 2.34. The Labute approximate surface area is 129 Å². The number of fused-ring (bicyclic) bond motifs is 1. The molecule has 0 fully saturated rings. The maximum absolute atomic E-state index is 12.2. The third kappa shape index (κ3) is 3.06. The molecular weight excluding hydrogens is 280 g/mol. The zero-order chi connectivity index (χ0) is 15.4. The fourth-order valence-electron chi connectivity index (χ4n) is 2.57. The molecule has 2 aromatic carbocycles. The van der Waals surface area contributed by atoms with Gasteiger partial charge in [0, 0.05) is 5.56 Å². The van der Waals surface area contributed by atoms with Crippen LogP contribution >= 0.6 is 0 Å². The number of hydrogen-bond acceptors (Lipinski definition) is 4. The van der Waals surface area contributed by atoms with Crippen molar-refractivity contribution in [3.05, 3.63) is 59.7 Å². The predicted molar refractivity (Wildman–Crippen MR) is 81.9 cm³/mol. The lowest BCUT2D eigenvalue weighted by Crippen LogP contribution is -2.30. The van der Waals surface area contributed by atoms with Crippen LogP contribution in [0.15, 0.2) is 48.5 Å². The average Bonchev–Trinajstić information content (AvgIpc) is 2.59. The molecule has 0 bridgehead atoms. The van der Waals surface area contributed by atoms with E-state index in [2.05, 4.69) is 0 Å². The number of carbonyl (C=O) groups is 1. The molecule has 0 spiro atoms. The summed E-state index contributed by atoms with van der Waals surface area (Å²) in [7, 11) is 1.62. The smallest absolute Gasteiger partial charge is 0.313 e. The molecule has 1 heterocycles. The molecule has 0 N–H and O–H groups in total. The lowest BCUT2D eigenvalue weighted by atomic mass is 9.96. The SMILES string of the molecule is COc1cccc2c1CC(C(=O)OCc1ccccc1)CO2. The zero-order valence-corrected chi connectivity index (χ0v) is 12.5. The van der Waals surface area contributed by atoms with Gasteiger partial charge in [-0.3, -0.25) is 4.79 Å². The Balaban J connectivity index is 1.65. The first-order valence-electron chi connectivity index (χ1n) is 7.27. The summed E-state index contributed by atoms with van der Waals surface area (Å²) < 4.78 is 16.4. The van der Waals surface area contributed by atoms with Crippen molar-refractivity contribution < 1.29 is 19.0 Å². The molecule has 4 heteroatoms. The van der Waals surface area contributed by atoms with E-state index in [9.17, 15) is 4.79 Å². The highest BCUT2D eigenvalue weighted by molar-refractivity contribution is 5.74. The molecule has 0 radical (unpaired) electrons. The molecule has 1 unspecified atom stereocenters. The minimum Gasteiger partial charge on any atom is -0.496 e. The van der Waals surface area contributed by atoms with Crippen LogP contribution in [-0.2, 0) is 22.6 Å². The minimum atomic E-state index is -0.299. The van der Waals surface area contributed by atoms with Crippen molar-refractivity contribution in [2.75, 3.05) is 13.7 Å². The van der Waals surface area contributed by atoms with E-state index in [1.165, 1.54) is 0 Å². The second-order valence-electron chi connectivity index (χ2n) is 5.24. The van der Waals surface area contributed by atoms with E-state index in [4.69, 9.17) is 14.2 Å². The van der Waals surface area contributed by atoms with Crippen molar-refractivity contribution in [1.82, 2.24) is 0 Å². The molecule has 4 nitrogen and oxygen atoms in total. The maximum atomic E-state index is 12.2. The van der Waals surface area contributed by atoms with Crippen LogP contribution in [0.4, 0.5) is 0 Å². The predicted octanol–water partition coefficient (Wildman–Crippen LogP) is 2.99. The third-order valence-corrected chi connectivity index (χ3v) is 3.76. The summed E-state index contributed by atoms with van der Waals surface area (Å²) in [5.41, 5.74) is 1.91. The van der Waals surface area contributed by atoms with Crippen LogP contribution < -0.4 is 9.47 Å². The third-order valence-electron chi connectivity index (χ3n) is 3.76. The Kier molecular flexibility index (Phi) is 4.28. The topological polar surface area (TPSA) is 44.8 Å². The second-order valence-corrected chi connectivity index (χ2v) is 5.24. The van der Waals surface area contributed by atoms with E-state index in [0.29, 0.717) is 13.0 Å². The van der Waals surface area contributed by atoms with Crippen LogP contribution in [-0.4, -0.2) is 19.7 Å². The van der Waals surface area contributed by atoms with Crippen LogP contribution in [0.3, 0.4) is 0 Å². The number of carbonyl (C=O) groups excluding carboxylic acids is 1. The fourth-order valence-corrected chi connectivity index (χ4v) is 2.57. The summed E-state index contributed by atoms with van der Waals surface area (Å²) in [6.45, 7) is 0.628. The Morgan fingerprint density at radius 3 is 2.77 bits per heavy atom. The standard InChI is InChI=1S/C18H18O4/c1-20-16-8-5-9-17-15(16)10-14(12-21-17)18(19)22-11-13-6-3-2-4-7-13/h2-9,14H,10-12H2,1H3. The first kappa shape index (κ1) is 14.4. The van der Waals surface area contributed by atoms with Gasteiger partial charge in [0.1, 0.15) is 24.7 Å². The van der Waals surface area contributed by atoms with E-state index in [0.717, 1.165) is 22.6 Å². The summed E-state index contributed by atoms with van der Waals surface area (Å²) in [5, 5.41) is 0. The van der Waals surface area contributed by atoms with Gasteiger partial charge in [-0.2, -0.15) is 0 Å². The molecule has 1 aliphatic rings. The number of rotatable bonds is 4. The van der Waals surface area contributed by atoms with Crippen molar-refractivity contribution in [3.63, 3.8) is 0 Å². The van der Waals surface area contributed by atoms with Crippen molar-refractivity contribution in [3.8, 4) is 11.5 Å². The molecule has 0 saturated heterocycles. The normalized spacial score (nSPS) is 16.3. The largest absolute Gasteiger partial charge is 0.496 e. The van der Waals surface area contributed by atoms with E-state index in [1.54, 1.807) is 7.11 Å². The van der Waals surface area contributed by atoms with Gasteiger partial charge in [0.25, 0.3) is 0 Å². The van der Waals surface area contributed by atoms with Crippen molar-refractivity contribution in [2.45, 2.75) is 13.0 Å². The van der Waals surface area contributed by atoms with Gasteiger partial charge in [0.2, 0.25) is 0 Å². The summed E-state index contributed by atoms with van der Waals surface area (Å²) in [4.78, 5) is 12.2. The number of ether oxygens (including phenoxy) is 3. The highest BCUT2D eigenvalue weighted by atomic mass is 16.5. The zero-order valence-electron chi connectivity index (χ0n) is 12.5. The summed E-state index contributed by atoms with van der Waals surface area (Å²) in [5.74, 6) is 0.998. The Bertz CT molecular complexity index is 637. The van der Waals surface area contributed by atoms with Crippen LogP contribution in [0.25, 0.3) is 0 Å². The Morgan fingerprint density at radius 1 is 1.18 bits per heavy atom. The van der Waals surface area contributed by atoms with Crippen molar-refractivity contribution >= 4 is 5.97 Å². The number of hydrogen-bond donors (Lipinski definition) is 0. The van der Waals surface area contributed by atoms with Crippen molar-refractivity contribution in [1.29, 1.82) is 0 Å². The quantitative estimate of drug-likeness (QED) is 0.814. The van der Waals surface area contributed by atoms with E-state index in [-0.39, 0.29) is 18.5 Å². The van der Waals surface area contributed by atoms with Gasteiger partial charge in [0.15, 0.2) is 0 Å². The van der Waals surface area contributed by atoms with Gasteiger partial charge >= 0.3 is 5.97 Å². The maximum Gasteiger partial charge on any atom is 0.313 e. The van der Waals surface area contributed by atoms with Crippen LogP contribution in [0.2, 0.25) is 0 Å². The minimum absolute atomic E-state index is 0.236. The van der Waals surface area contributed by atoms with E-state index < -0.39 is 0 Å². The number of esters is 1. The van der Waals surface area contributed by atoms with Crippen molar-refractivity contribution in [2.24, 2.45) is 5.92 Å². The second kappa shape index (κ2) is 6.52. The fraction of sp³-hybridized carbons (Fsp3) is 0.278. The highest BCUT2D eigenvalue weighted by Gasteiger charge is 2.29. The van der Waals surface area contributed by atoms with Crippen LogP contribution in [0.5, 0.6) is 11.5 Å². The van der Waals surface area contributed by atoms with Crippen LogP contribution in [0, 0.1) is 5.92 Å². The van der Waals surface area contributed by atoms with Gasteiger partial charge in [-0.25, -0.2) is 0 Å². The summed E-state index contributed by atoms with van der Waals surface area (Å²) in [6.07, 6.45) is 0.576. The van der Waals surface area contributed by atoms with Gasteiger partial charge in [0.05, 0.1) is 13.0 Å². The lowest BCUT2D eigenvalue weighted by Gasteiger charge is -2.25. The summed E-state index contributed by atoms with van der Waals surface area (Å²) >= 11 is 0. The Hall–Kier alpha value is -2.49. The molecule has 3 rings (SSSR count). The number of methoxy groups -OCH3 is 1. The molecular formula is C18H18O4. The van der Waals surface area contributed by atoms with Gasteiger partial charge in [-0.1, -0.05) is 36.4 Å². The monoisotopic (exact) mass is 298 g/mol. The Morgan fingerprint density at radius 2 is 2.00 bits per heavy atom. The average molecular weight is 298 g/mol. The number of benzene rings is 2. The molecule has 2 aromatic rings. The molecule has 1 aliphatic heterocycles. The first-order valence-corrected chi connectivity index (χ1v) is 7.27. The van der Waals surface area contributed by atoms with Crippen LogP contribution in [0.1, 0.15) is 11.1 Å². The van der Waals surface area contributed by atoms with E-state index in [1.807, 2.05) is 48.5 Å².